The number of thiazole rings is 1. The predicted molar refractivity (Wildman–Crippen MR) is 77.1 cm³/mol. The number of hydrogen-bond donors (Lipinski definition) is 2. The number of hydrogen-bond acceptors (Lipinski definition) is 5. The Morgan fingerprint density at radius 2 is 2.15 bits per heavy atom. The normalized spacial score (nSPS) is 15.7. The Bertz CT molecular complexity index is 469. The summed E-state index contributed by atoms with van der Waals surface area (Å²) in [7, 11) is 0. The number of esters is 1. The molecule has 0 aromatic carbocycles. The van der Waals surface area contributed by atoms with Gasteiger partial charge in [0.05, 0.1) is 6.61 Å². The Hall–Kier alpha value is -1.63. The SMILES string of the molecule is CCOC(=O)c1csc(NC(=O)NC2CCCCC2)n1. The average molecular weight is 297 g/mol. The van der Waals surface area contributed by atoms with Crippen LogP contribution in [0.3, 0.4) is 0 Å². The highest BCUT2D eigenvalue weighted by Crippen LogP contribution is 2.19. The Kier molecular flexibility index (Phi) is 5.34. The van der Waals surface area contributed by atoms with Crippen LogP contribution >= 0.6 is 11.3 Å². The van der Waals surface area contributed by atoms with E-state index in [1.807, 2.05) is 0 Å². The number of nitrogens with zero attached hydrogens (tertiary/aromatic N) is 1. The predicted octanol–water partition coefficient (Wildman–Crippen LogP) is 2.77. The van der Waals surface area contributed by atoms with Crippen LogP contribution in [0.25, 0.3) is 0 Å². The minimum atomic E-state index is -0.468. The molecular formula is C13H19N3O3S. The molecule has 2 rings (SSSR count). The molecule has 0 radical (unpaired) electrons. The van der Waals surface area contributed by atoms with Crippen molar-refractivity contribution in [3.8, 4) is 0 Å². The van der Waals surface area contributed by atoms with Crippen LogP contribution in [0, 0.1) is 0 Å². The molecule has 1 fully saturated rings. The lowest BCUT2D eigenvalue weighted by Gasteiger charge is -2.22. The zero-order chi connectivity index (χ0) is 14.4. The number of anilines is 1. The van der Waals surface area contributed by atoms with Crippen LogP contribution in [0.15, 0.2) is 5.38 Å². The minimum Gasteiger partial charge on any atom is -0.461 e. The molecule has 2 N–H and O–H groups in total. The lowest BCUT2D eigenvalue weighted by atomic mass is 9.96. The number of carbonyl (C=O) groups is 2. The highest BCUT2D eigenvalue weighted by Gasteiger charge is 2.17. The van der Waals surface area contributed by atoms with Gasteiger partial charge in [0, 0.05) is 11.4 Å². The van der Waals surface area contributed by atoms with Gasteiger partial charge in [-0.15, -0.1) is 11.3 Å². The highest BCUT2D eigenvalue weighted by atomic mass is 32.1. The molecule has 6 nitrogen and oxygen atoms in total. The van der Waals surface area contributed by atoms with E-state index in [0.717, 1.165) is 25.7 Å². The number of ether oxygens (including phenoxy) is 1. The molecule has 7 heteroatoms. The molecule has 0 spiro atoms. The fourth-order valence-electron chi connectivity index (χ4n) is 2.20. The topological polar surface area (TPSA) is 80.3 Å². The molecule has 0 unspecified atom stereocenters. The molecule has 1 heterocycles. The van der Waals surface area contributed by atoms with Gasteiger partial charge < -0.3 is 10.1 Å². The summed E-state index contributed by atoms with van der Waals surface area (Å²) in [6.07, 6.45) is 5.62. The van der Waals surface area contributed by atoms with Crippen molar-refractivity contribution >= 4 is 28.5 Å². The summed E-state index contributed by atoms with van der Waals surface area (Å²) in [6.45, 7) is 2.04. The zero-order valence-electron chi connectivity index (χ0n) is 11.5. The minimum absolute atomic E-state index is 0.227. The van der Waals surface area contributed by atoms with Gasteiger partial charge in [0.1, 0.15) is 0 Å². The third-order valence-corrected chi connectivity index (χ3v) is 3.91. The molecule has 1 aliphatic rings. The van der Waals surface area contributed by atoms with Crippen molar-refractivity contribution in [2.24, 2.45) is 0 Å². The Balaban J connectivity index is 1.83. The summed E-state index contributed by atoms with van der Waals surface area (Å²) in [5.41, 5.74) is 0.227. The van der Waals surface area contributed by atoms with Gasteiger partial charge >= 0.3 is 12.0 Å². The van der Waals surface area contributed by atoms with Gasteiger partial charge in [-0.05, 0) is 19.8 Å². The third-order valence-electron chi connectivity index (χ3n) is 3.15. The molecule has 2 amide bonds. The quantitative estimate of drug-likeness (QED) is 0.837. The highest BCUT2D eigenvalue weighted by molar-refractivity contribution is 7.14. The molecule has 1 aliphatic carbocycles. The Labute approximate surface area is 121 Å². The van der Waals surface area contributed by atoms with Crippen molar-refractivity contribution in [3.63, 3.8) is 0 Å². The summed E-state index contributed by atoms with van der Waals surface area (Å²) in [5.74, 6) is -0.468. The third kappa shape index (κ3) is 4.19. The number of urea groups is 1. The molecule has 0 bridgehead atoms. The van der Waals surface area contributed by atoms with E-state index in [4.69, 9.17) is 4.74 Å². The van der Waals surface area contributed by atoms with Gasteiger partial charge in [-0.3, -0.25) is 5.32 Å². The maximum absolute atomic E-state index is 11.8. The summed E-state index contributed by atoms with van der Waals surface area (Å²) in [4.78, 5) is 27.3. The van der Waals surface area contributed by atoms with Crippen LogP contribution in [0.5, 0.6) is 0 Å². The first-order chi connectivity index (χ1) is 9.69. The molecule has 0 saturated heterocycles. The molecule has 0 aliphatic heterocycles. The van der Waals surface area contributed by atoms with E-state index in [0.29, 0.717) is 11.7 Å². The number of aromatic nitrogens is 1. The van der Waals surface area contributed by atoms with Crippen molar-refractivity contribution in [1.29, 1.82) is 0 Å². The lowest BCUT2D eigenvalue weighted by molar-refractivity contribution is 0.0520. The first-order valence-corrected chi connectivity index (χ1v) is 7.77. The van der Waals surface area contributed by atoms with Gasteiger partial charge in [-0.1, -0.05) is 19.3 Å². The van der Waals surface area contributed by atoms with Crippen LogP contribution in [-0.2, 0) is 4.74 Å². The number of rotatable bonds is 4. The van der Waals surface area contributed by atoms with E-state index in [1.54, 1.807) is 12.3 Å². The number of carbonyl (C=O) groups excluding carboxylic acids is 2. The standard InChI is InChI=1S/C13H19N3O3S/c1-2-19-11(17)10-8-20-13(15-10)16-12(18)14-9-6-4-3-5-7-9/h8-9H,2-7H2,1H3,(H2,14,15,16,18). The molecule has 1 saturated carbocycles. The van der Waals surface area contributed by atoms with Crippen LogP contribution in [0.1, 0.15) is 49.5 Å². The monoisotopic (exact) mass is 297 g/mol. The van der Waals surface area contributed by atoms with Crippen molar-refractivity contribution in [3.05, 3.63) is 11.1 Å². The van der Waals surface area contributed by atoms with E-state index in [9.17, 15) is 9.59 Å². The van der Waals surface area contributed by atoms with Crippen LogP contribution in [-0.4, -0.2) is 29.6 Å². The maximum atomic E-state index is 11.8. The summed E-state index contributed by atoms with van der Waals surface area (Å²) in [5, 5.41) is 7.57. The first-order valence-electron chi connectivity index (χ1n) is 6.89. The lowest BCUT2D eigenvalue weighted by Crippen LogP contribution is -2.39. The van der Waals surface area contributed by atoms with Crippen LogP contribution < -0.4 is 10.6 Å². The van der Waals surface area contributed by atoms with E-state index >= 15 is 0 Å². The summed E-state index contributed by atoms with van der Waals surface area (Å²) in [6, 6.07) is -0.0186. The Morgan fingerprint density at radius 3 is 2.85 bits per heavy atom. The van der Waals surface area contributed by atoms with Crippen LogP contribution in [0.4, 0.5) is 9.93 Å². The largest absolute Gasteiger partial charge is 0.461 e. The van der Waals surface area contributed by atoms with E-state index in [2.05, 4.69) is 15.6 Å². The number of amides is 2. The zero-order valence-corrected chi connectivity index (χ0v) is 12.3. The van der Waals surface area contributed by atoms with Crippen molar-refractivity contribution in [2.75, 3.05) is 11.9 Å². The Morgan fingerprint density at radius 1 is 1.40 bits per heavy atom. The van der Waals surface area contributed by atoms with Crippen molar-refractivity contribution in [1.82, 2.24) is 10.3 Å². The average Bonchev–Trinajstić information content (AvgIpc) is 2.88. The first kappa shape index (κ1) is 14.8. The second-order valence-electron chi connectivity index (χ2n) is 4.69. The molecule has 110 valence electrons. The van der Waals surface area contributed by atoms with Crippen molar-refractivity contribution < 1.29 is 14.3 Å². The second kappa shape index (κ2) is 7.23. The smallest absolute Gasteiger partial charge is 0.357 e. The van der Waals surface area contributed by atoms with Gasteiger partial charge in [-0.2, -0.15) is 0 Å². The molecule has 0 atom stereocenters. The van der Waals surface area contributed by atoms with Gasteiger partial charge in [0.15, 0.2) is 10.8 Å². The number of nitrogens with one attached hydrogen (secondary N) is 2. The van der Waals surface area contributed by atoms with Gasteiger partial charge in [0.25, 0.3) is 0 Å². The fourth-order valence-corrected chi connectivity index (χ4v) is 2.87. The van der Waals surface area contributed by atoms with E-state index in [-0.39, 0.29) is 17.8 Å². The summed E-state index contributed by atoms with van der Waals surface area (Å²) < 4.78 is 4.84. The maximum Gasteiger partial charge on any atom is 0.357 e. The summed E-state index contributed by atoms with van der Waals surface area (Å²) >= 11 is 1.21. The second-order valence-corrected chi connectivity index (χ2v) is 5.55. The van der Waals surface area contributed by atoms with Gasteiger partial charge in [0.2, 0.25) is 0 Å². The van der Waals surface area contributed by atoms with Crippen LogP contribution in [0.2, 0.25) is 0 Å². The van der Waals surface area contributed by atoms with E-state index in [1.165, 1.54) is 17.8 Å². The molecule has 1 aromatic heterocycles. The molecular weight excluding hydrogens is 278 g/mol. The molecule has 20 heavy (non-hydrogen) atoms. The fraction of sp³-hybridized carbons (Fsp3) is 0.615. The van der Waals surface area contributed by atoms with Crippen molar-refractivity contribution in [2.45, 2.75) is 45.1 Å². The van der Waals surface area contributed by atoms with E-state index < -0.39 is 5.97 Å². The molecule has 1 aromatic rings. The van der Waals surface area contributed by atoms with Gasteiger partial charge in [-0.25, -0.2) is 14.6 Å².